The predicted octanol–water partition coefficient (Wildman–Crippen LogP) is 4.47. The quantitative estimate of drug-likeness (QED) is 0.540. The van der Waals surface area contributed by atoms with Gasteiger partial charge in [0.2, 0.25) is 0 Å². The summed E-state index contributed by atoms with van der Waals surface area (Å²) < 4.78 is 7.91. The molecule has 0 unspecified atom stereocenters. The van der Waals surface area contributed by atoms with E-state index in [1.807, 2.05) is 37.4 Å². The van der Waals surface area contributed by atoms with Crippen LogP contribution in [-0.4, -0.2) is 25.4 Å². The van der Waals surface area contributed by atoms with Crippen LogP contribution in [0, 0.1) is 20.0 Å². The summed E-state index contributed by atoms with van der Waals surface area (Å²) in [7, 11) is 0. The molecule has 0 aliphatic carbocycles. The van der Waals surface area contributed by atoms with Gasteiger partial charge < -0.3 is 10.1 Å². The van der Waals surface area contributed by atoms with E-state index in [9.17, 15) is 0 Å². The van der Waals surface area contributed by atoms with Crippen molar-refractivity contribution in [3.05, 3.63) is 53.0 Å². The van der Waals surface area contributed by atoms with E-state index in [1.54, 1.807) is 0 Å². The van der Waals surface area contributed by atoms with Crippen molar-refractivity contribution < 1.29 is 23.3 Å². The first-order valence-corrected chi connectivity index (χ1v) is 9.75. The molecule has 6 nitrogen and oxygen atoms in total. The van der Waals surface area contributed by atoms with Crippen molar-refractivity contribution in [3.8, 4) is 5.75 Å². The normalized spacial score (nSPS) is 12.4. The van der Waals surface area contributed by atoms with E-state index in [4.69, 9.17) is 4.74 Å². The Labute approximate surface area is 185 Å². The Hall–Kier alpha value is -1.76. The van der Waals surface area contributed by atoms with E-state index < -0.39 is 0 Å². The van der Waals surface area contributed by atoms with Gasteiger partial charge in [0.1, 0.15) is 0 Å². The van der Waals surface area contributed by atoms with Gasteiger partial charge >= 0.3 is 0 Å². The minimum absolute atomic E-state index is 0. The molecule has 3 rings (SSSR count). The fraction of sp³-hybridized carbons (Fsp3) is 0.500. The van der Waals surface area contributed by atoms with Crippen molar-refractivity contribution in [2.45, 2.75) is 72.9 Å². The van der Waals surface area contributed by atoms with Gasteiger partial charge in [0.25, 0.3) is 0 Å². The van der Waals surface area contributed by atoms with Gasteiger partial charge in [-0.25, -0.2) is 4.52 Å². The molecule has 1 radical (unpaired) electrons. The zero-order chi connectivity index (χ0) is 20.7. The Morgan fingerprint density at radius 2 is 1.79 bits per heavy atom. The summed E-state index contributed by atoms with van der Waals surface area (Å²) in [6.07, 6.45) is 0.928. The van der Waals surface area contributed by atoms with Crippen LogP contribution >= 0.6 is 0 Å². The fourth-order valence-corrected chi connectivity index (χ4v) is 3.29. The van der Waals surface area contributed by atoms with Crippen molar-refractivity contribution in [1.29, 1.82) is 0 Å². The summed E-state index contributed by atoms with van der Waals surface area (Å²) in [5.41, 5.74) is 3.76. The van der Waals surface area contributed by atoms with Crippen LogP contribution in [0.15, 0.2) is 24.3 Å². The van der Waals surface area contributed by atoms with Gasteiger partial charge in [0.15, 0.2) is 11.5 Å². The van der Waals surface area contributed by atoms with Gasteiger partial charge in [-0.3, -0.25) is 5.10 Å². The van der Waals surface area contributed by atoms with Gasteiger partial charge in [-0.15, -0.1) is 10.2 Å². The number of rotatable bonds is 7. The van der Waals surface area contributed by atoms with Gasteiger partial charge in [-0.05, 0) is 33.8 Å². The molecule has 0 saturated carbocycles. The molecule has 0 amide bonds. The smallest absolute Gasteiger partial charge is 0.177 e. The molecule has 2 N–H and O–H groups in total. The van der Waals surface area contributed by atoms with E-state index >= 15 is 0 Å². The Kier molecular flexibility index (Phi) is 6.93. The number of aromatic nitrogens is 4. The number of nitrogens with one attached hydrogen (secondary N) is 2. The fourth-order valence-electron chi connectivity index (χ4n) is 3.29. The first kappa shape index (κ1) is 23.5. The van der Waals surface area contributed by atoms with Crippen molar-refractivity contribution >= 4 is 5.65 Å². The third kappa shape index (κ3) is 4.71. The maximum Gasteiger partial charge on any atom is 0.177 e. The number of ether oxygens (including phenoxy) is 1. The van der Waals surface area contributed by atoms with E-state index in [2.05, 4.69) is 67.4 Å². The average Bonchev–Trinajstić information content (AvgIpc) is 3.13. The monoisotopic (exact) mass is 433 g/mol. The van der Waals surface area contributed by atoms with Crippen LogP contribution in [0.3, 0.4) is 0 Å². The molecule has 0 atom stereocenters. The van der Waals surface area contributed by atoms with Gasteiger partial charge in [0.05, 0.1) is 5.75 Å². The third-order valence-electron chi connectivity index (χ3n) is 5.69. The second-order valence-electron chi connectivity index (χ2n) is 8.88. The Morgan fingerprint density at radius 1 is 1.10 bits per heavy atom. The topological polar surface area (TPSA) is 67.2 Å². The van der Waals surface area contributed by atoms with Gasteiger partial charge in [-0.2, -0.15) is 20.0 Å². The predicted molar refractivity (Wildman–Crippen MR) is 112 cm³/mol. The van der Waals surface area contributed by atoms with Crippen LogP contribution in [0.4, 0.5) is 0 Å². The summed E-state index contributed by atoms with van der Waals surface area (Å²) in [5, 5.41) is 15.9. The molecule has 1 aromatic carbocycles. The van der Waals surface area contributed by atoms with Crippen LogP contribution < -0.4 is 10.1 Å². The molecule has 2 aromatic heterocycles. The number of nitrogens with zero attached hydrogens (tertiary/aromatic N) is 3. The Bertz CT molecular complexity index is 971. The van der Waals surface area contributed by atoms with Crippen LogP contribution in [0.5, 0.6) is 5.75 Å². The number of aromatic amines is 1. The first-order valence-electron chi connectivity index (χ1n) is 9.75. The molecule has 0 aliphatic rings. The Morgan fingerprint density at radius 3 is 2.45 bits per heavy atom. The summed E-state index contributed by atoms with van der Waals surface area (Å²) >= 11 is 0. The van der Waals surface area contributed by atoms with E-state index in [-0.39, 0.29) is 29.5 Å². The molecule has 3 aromatic rings. The SMILES string of the molecule is Cc1ccc(O[C-](C)C)c(CNC(C)(C)C(C)(C)c2nnc3cc(C)[nH]n23)c1.[V]. The largest absolute Gasteiger partial charge is 0.660 e. The molecule has 0 aliphatic heterocycles. The number of hydrogen-bond donors (Lipinski definition) is 2. The van der Waals surface area contributed by atoms with E-state index in [0.29, 0.717) is 6.54 Å². The van der Waals surface area contributed by atoms with E-state index in [0.717, 1.165) is 34.6 Å². The van der Waals surface area contributed by atoms with Crippen molar-refractivity contribution in [2.24, 2.45) is 0 Å². The van der Waals surface area contributed by atoms with Gasteiger partial charge in [0, 0.05) is 53.4 Å². The molecule has 7 heteroatoms. The molecular formula is C22H32N5OV-. The summed E-state index contributed by atoms with van der Waals surface area (Å²) in [6, 6.07) is 8.31. The van der Waals surface area contributed by atoms with Crippen molar-refractivity contribution in [2.75, 3.05) is 0 Å². The zero-order valence-corrected chi connectivity index (χ0v) is 20.1. The zero-order valence-electron chi connectivity index (χ0n) is 18.7. The molecule has 0 saturated heterocycles. The molecular weight excluding hydrogens is 401 g/mol. The Balaban J connectivity index is 0.00000300. The maximum absolute atomic E-state index is 5.93. The molecule has 29 heavy (non-hydrogen) atoms. The number of H-pyrrole nitrogens is 1. The molecule has 0 bridgehead atoms. The van der Waals surface area contributed by atoms with Crippen molar-refractivity contribution in [1.82, 2.24) is 25.1 Å². The van der Waals surface area contributed by atoms with Crippen molar-refractivity contribution in [3.63, 3.8) is 0 Å². The minimum Gasteiger partial charge on any atom is -0.660 e. The van der Waals surface area contributed by atoms with Crippen LogP contribution in [0.25, 0.3) is 5.65 Å². The second kappa shape index (κ2) is 8.54. The average molecular weight is 433 g/mol. The molecule has 0 fully saturated rings. The minimum atomic E-state index is -0.276. The summed E-state index contributed by atoms with van der Waals surface area (Å²) in [4.78, 5) is 0. The molecule has 0 spiro atoms. The van der Waals surface area contributed by atoms with Gasteiger partial charge in [-0.1, -0.05) is 31.5 Å². The summed E-state index contributed by atoms with van der Waals surface area (Å²) in [6.45, 7) is 17.6. The first-order chi connectivity index (χ1) is 13.0. The van der Waals surface area contributed by atoms with Crippen LogP contribution in [0.1, 0.15) is 64.2 Å². The summed E-state index contributed by atoms with van der Waals surface area (Å²) in [5.74, 6) is 1.81. The van der Waals surface area contributed by atoms with Crippen LogP contribution in [0.2, 0.25) is 0 Å². The number of fused-ring (bicyclic) bond motifs is 1. The number of benzene rings is 1. The molecule has 157 valence electrons. The third-order valence-corrected chi connectivity index (χ3v) is 5.69. The maximum atomic E-state index is 5.93. The number of aryl methyl sites for hydroxylation is 2. The van der Waals surface area contributed by atoms with E-state index in [1.165, 1.54) is 5.56 Å². The standard InChI is InChI=1S/C22H32N5O.V/c1-14(2)28-18-10-9-15(3)11-17(18)13-23-22(7,8)21(5,6)20-25-24-19-12-16(4)26-27(19)20;/h9-12,23,26H,13H2,1-8H3;/q-1;. The second-order valence-corrected chi connectivity index (χ2v) is 8.88. The van der Waals surface area contributed by atoms with Crippen LogP contribution in [-0.2, 0) is 30.5 Å². The number of hydrogen-bond acceptors (Lipinski definition) is 4. The molecule has 2 heterocycles.